The van der Waals surface area contributed by atoms with Crippen molar-refractivity contribution >= 4 is 11.9 Å². The average Bonchev–Trinajstić information content (AvgIpc) is 2.75. The van der Waals surface area contributed by atoms with Crippen LogP contribution in [0.4, 0.5) is 0 Å². The monoisotopic (exact) mass is 266 g/mol. The maximum atomic E-state index is 11.7. The molecule has 1 aromatic carbocycles. The van der Waals surface area contributed by atoms with E-state index < -0.39 is 12.0 Å². The largest absolute Gasteiger partial charge is 0.496 e. The predicted octanol–water partition coefficient (Wildman–Crippen LogP) is 0.625. The highest BCUT2D eigenvalue weighted by molar-refractivity contribution is 5.98. The van der Waals surface area contributed by atoms with Gasteiger partial charge in [0.25, 0.3) is 11.9 Å². The summed E-state index contributed by atoms with van der Waals surface area (Å²) >= 11 is 0. The van der Waals surface area contributed by atoms with E-state index in [1.54, 1.807) is 12.1 Å². The number of carbonyl (C=O) groups excluding carboxylic acids is 1. The van der Waals surface area contributed by atoms with Gasteiger partial charge < -0.3 is 24.7 Å². The summed E-state index contributed by atoms with van der Waals surface area (Å²) in [7, 11) is 4.49. The molecule has 1 unspecified atom stereocenters. The quantitative estimate of drug-likeness (QED) is 0.859. The van der Waals surface area contributed by atoms with E-state index in [0.717, 1.165) is 0 Å². The van der Waals surface area contributed by atoms with Crippen molar-refractivity contribution in [3.05, 3.63) is 17.7 Å². The first kappa shape index (κ1) is 13.0. The number of nitrogens with zero attached hydrogens (tertiary/aromatic N) is 1. The molecular weight excluding hydrogens is 252 g/mol. The fourth-order valence-corrected chi connectivity index (χ4v) is 1.82. The molecule has 1 aliphatic heterocycles. The lowest BCUT2D eigenvalue weighted by molar-refractivity contribution is -0.122. The van der Waals surface area contributed by atoms with Gasteiger partial charge in [-0.1, -0.05) is 0 Å². The van der Waals surface area contributed by atoms with E-state index in [1.807, 2.05) is 0 Å². The molecule has 2 N–H and O–H groups in total. The maximum absolute atomic E-state index is 11.7. The molecule has 19 heavy (non-hydrogen) atoms. The molecular formula is C12H14N2O5. The zero-order valence-corrected chi connectivity index (χ0v) is 10.8. The molecule has 7 nitrogen and oxygen atoms in total. The van der Waals surface area contributed by atoms with Gasteiger partial charge in [-0.15, -0.1) is 0 Å². The Morgan fingerprint density at radius 3 is 2.16 bits per heavy atom. The fraction of sp³-hybridized carbons (Fsp3) is 0.333. The molecule has 0 fully saturated rings. The van der Waals surface area contributed by atoms with Gasteiger partial charge in [0.2, 0.25) is 6.10 Å². The lowest BCUT2D eigenvalue weighted by Gasteiger charge is -2.16. The molecule has 0 bridgehead atoms. The first-order chi connectivity index (χ1) is 9.10. The molecule has 0 radical (unpaired) electrons. The number of aliphatic imine (C=N–C) groups is 1. The fourth-order valence-electron chi connectivity index (χ4n) is 1.82. The molecule has 2 rings (SSSR count). The number of methoxy groups -OCH3 is 3. The van der Waals surface area contributed by atoms with Crippen molar-refractivity contribution in [3.8, 4) is 17.2 Å². The maximum Gasteiger partial charge on any atom is 0.296 e. The standard InChI is InChI=1S/C12H14N2O5/c1-16-7-5-9(18-3)8(17-2)4-6(7)10-11(15)14-12(13)19-10/h4-5,10H,1-3H3,(H2,13,14,15). The normalized spacial score (nSPS) is 17.7. The molecule has 0 aromatic heterocycles. The minimum Gasteiger partial charge on any atom is -0.496 e. The van der Waals surface area contributed by atoms with E-state index in [4.69, 9.17) is 24.7 Å². The lowest BCUT2D eigenvalue weighted by atomic mass is 10.1. The van der Waals surface area contributed by atoms with E-state index in [2.05, 4.69) is 4.99 Å². The zero-order valence-electron chi connectivity index (χ0n) is 10.8. The van der Waals surface area contributed by atoms with Crippen LogP contribution in [-0.4, -0.2) is 33.3 Å². The molecule has 102 valence electrons. The summed E-state index contributed by atoms with van der Waals surface area (Å²) in [5.74, 6) is 0.895. The van der Waals surface area contributed by atoms with Crippen molar-refractivity contribution in [2.24, 2.45) is 10.7 Å². The summed E-state index contributed by atoms with van der Waals surface area (Å²) in [6.45, 7) is 0. The van der Waals surface area contributed by atoms with Crippen LogP contribution < -0.4 is 19.9 Å². The molecule has 0 saturated heterocycles. The molecule has 0 saturated carbocycles. The van der Waals surface area contributed by atoms with Crippen molar-refractivity contribution in [2.45, 2.75) is 6.10 Å². The van der Waals surface area contributed by atoms with Gasteiger partial charge in [0, 0.05) is 11.6 Å². The highest BCUT2D eigenvalue weighted by Gasteiger charge is 2.33. The SMILES string of the molecule is COc1cc(OC)c(C2OC(N)=NC2=O)cc1OC. The van der Waals surface area contributed by atoms with Crippen LogP contribution in [0, 0.1) is 0 Å². The number of rotatable bonds is 4. The van der Waals surface area contributed by atoms with Gasteiger partial charge in [0.05, 0.1) is 21.3 Å². The number of ether oxygens (including phenoxy) is 4. The Balaban J connectivity index is 2.48. The first-order valence-electron chi connectivity index (χ1n) is 5.45. The smallest absolute Gasteiger partial charge is 0.296 e. The van der Waals surface area contributed by atoms with E-state index in [1.165, 1.54) is 21.3 Å². The van der Waals surface area contributed by atoms with E-state index in [9.17, 15) is 4.79 Å². The van der Waals surface area contributed by atoms with Crippen LogP contribution in [0.25, 0.3) is 0 Å². The van der Waals surface area contributed by atoms with E-state index in [0.29, 0.717) is 22.8 Å². The molecule has 1 heterocycles. The average molecular weight is 266 g/mol. The number of amides is 1. The minimum atomic E-state index is -0.922. The number of hydrogen-bond donors (Lipinski definition) is 1. The zero-order chi connectivity index (χ0) is 14.0. The second kappa shape index (κ2) is 5.05. The van der Waals surface area contributed by atoms with Gasteiger partial charge in [-0.05, 0) is 6.07 Å². The van der Waals surface area contributed by atoms with E-state index >= 15 is 0 Å². The van der Waals surface area contributed by atoms with Crippen molar-refractivity contribution < 1.29 is 23.7 Å². The van der Waals surface area contributed by atoms with Crippen molar-refractivity contribution in [3.63, 3.8) is 0 Å². The summed E-state index contributed by atoms with van der Waals surface area (Å²) < 4.78 is 20.7. The van der Waals surface area contributed by atoms with Crippen LogP contribution >= 0.6 is 0 Å². The van der Waals surface area contributed by atoms with Crippen molar-refractivity contribution in [1.29, 1.82) is 0 Å². The molecule has 1 amide bonds. The van der Waals surface area contributed by atoms with Crippen molar-refractivity contribution in [1.82, 2.24) is 0 Å². The highest BCUT2D eigenvalue weighted by atomic mass is 16.5. The van der Waals surface area contributed by atoms with Gasteiger partial charge in [0.1, 0.15) is 5.75 Å². The van der Waals surface area contributed by atoms with Gasteiger partial charge in [-0.2, -0.15) is 4.99 Å². The number of benzene rings is 1. The summed E-state index contributed by atoms with van der Waals surface area (Å²) in [6, 6.07) is 3.06. The minimum absolute atomic E-state index is 0.160. The first-order valence-corrected chi connectivity index (χ1v) is 5.45. The molecule has 1 aliphatic rings. The second-order valence-electron chi connectivity index (χ2n) is 3.74. The Morgan fingerprint density at radius 1 is 1.11 bits per heavy atom. The summed E-state index contributed by atoms with van der Waals surface area (Å²) in [5.41, 5.74) is 5.86. The van der Waals surface area contributed by atoms with Crippen LogP contribution in [0.15, 0.2) is 17.1 Å². The van der Waals surface area contributed by atoms with Gasteiger partial charge in [0.15, 0.2) is 11.5 Å². The second-order valence-corrected chi connectivity index (χ2v) is 3.74. The number of nitrogens with two attached hydrogens (primary N) is 1. The van der Waals surface area contributed by atoms with Crippen LogP contribution in [0.1, 0.15) is 11.7 Å². The van der Waals surface area contributed by atoms with Gasteiger partial charge >= 0.3 is 0 Å². The summed E-state index contributed by atoms with van der Waals surface area (Å²) in [6.07, 6.45) is -0.922. The van der Waals surface area contributed by atoms with Crippen LogP contribution in [0.3, 0.4) is 0 Å². The summed E-state index contributed by atoms with van der Waals surface area (Å²) in [5, 5.41) is 0. The molecule has 0 aliphatic carbocycles. The number of hydrogen-bond acceptors (Lipinski definition) is 6. The van der Waals surface area contributed by atoms with Gasteiger partial charge in [-0.25, -0.2) is 0 Å². The molecule has 1 atom stereocenters. The Labute approximate surface area is 109 Å². The predicted molar refractivity (Wildman–Crippen MR) is 66.6 cm³/mol. The highest BCUT2D eigenvalue weighted by Crippen LogP contribution is 2.39. The molecule has 7 heteroatoms. The molecule has 1 aromatic rings. The van der Waals surface area contributed by atoms with Gasteiger partial charge in [-0.3, -0.25) is 4.79 Å². The Kier molecular flexibility index (Phi) is 3.46. The molecule has 0 spiro atoms. The van der Waals surface area contributed by atoms with Crippen LogP contribution in [-0.2, 0) is 9.53 Å². The van der Waals surface area contributed by atoms with Crippen LogP contribution in [0.2, 0.25) is 0 Å². The lowest BCUT2D eigenvalue weighted by Crippen LogP contribution is -2.15. The topological polar surface area (TPSA) is 92.4 Å². The number of carbonyl (C=O) groups is 1. The summed E-state index contributed by atoms with van der Waals surface area (Å²) in [4.78, 5) is 15.2. The van der Waals surface area contributed by atoms with E-state index in [-0.39, 0.29) is 6.02 Å². The third-order valence-corrected chi connectivity index (χ3v) is 2.70. The Bertz CT molecular complexity index is 541. The Morgan fingerprint density at radius 2 is 1.68 bits per heavy atom. The third kappa shape index (κ3) is 2.26. The Hall–Kier alpha value is -2.44. The van der Waals surface area contributed by atoms with Crippen molar-refractivity contribution in [2.75, 3.05) is 21.3 Å². The number of amidine groups is 1. The van der Waals surface area contributed by atoms with Crippen LogP contribution in [0.5, 0.6) is 17.2 Å². The third-order valence-electron chi connectivity index (χ3n) is 2.70.